The number of carbonyl (C=O) groups excluding carboxylic acids is 1. The highest BCUT2D eigenvalue weighted by atomic mass is 16.4. The molecule has 1 amide bonds. The van der Waals surface area contributed by atoms with Crippen molar-refractivity contribution in [1.29, 1.82) is 0 Å². The molecule has 3 N–H and O–H groups in total. The molecule has 0 atom stereocenters. The van der Waals surface area contributed by atoms with Crippen molar-refractivity contribution in [2.75, 3.05) is 36.8 Å². The predicted octanol–water partition coefficient (Wildman–Crippen LogP) is 2.54. The summed E-state index contributed by atoms with van der Waals surface area (Å²) in [6, 6.07) is 10.6. The summed E-state index contributed by atoms with van der Waals surface area (Å²) in [6.45, 7) is 2.04. The molecule has 9 heteroatoms. The maximum Gasteiger partial charge on any atom is 0.407 e. The summed E-state index contributed by atoms with van der Waals surface area (Å²) in [5.41, 5.74) is 8.11. The molecule has 0 aromatic carbocycles. The minimum Gasteiger partial charge on any atom is -0.465 e. The van der Waals surface area contributed by atoms with E-state index in [0.717, 1.165) is 11.1 Å². The van der Waals surface area contributed by atoms with Crippen molar-refractivity contribution in [2.24, 2.45) is 0 Å². The number of anilines is 2. The summed E-state index contributed by atoms with van der Waals surface area (Å²) >= 11 is 0. The first-order valence-corrected chi connectivity index (χ1v) is 9.93. The molecule has 0 aliphatic carbocycles. The number of nitrogens with zero attached hydrogens (tertiary/aromatic N) is 5. The number of hydrogen-bond donors (Lipinski definition) is 2. The Balaban J connectivity index is 1.60. The molecule has 0 radical (unpaired) electrons. The lowest BCUT2D eigenvalue weighted by Gasteiger charge is -2.22. The van der Waals surface area contributed by atoms with E-state index in [1.54, 1.807) is 36.8 Å². The van der Waals surface area contributed by atoms with E-state index < -0.39 is 6.09 Å². The summed E-state index contributed by atoms with van der Waals surface area (Å²) < 4.78 is 0. The maximum absolute atomic E-state index is 13.2. The third kappa shape index (κ3) is 4.45. The van der Waals surface area contributed by atoms with Crippen LogP contribution in [0.2, 0.25) is 0 Å². The number of aromatic nitrogens is 3. The quantitative estimate of drug-likeness (QED) is 0.619. The van der Waals surface area contributed by atoms with E-state index in [1.807, 2.05) is 23.1 Å². The second-order valence-electron chi connectivity index (χ2n) is 7.22. The van der Waals surface area contributed by atoms with Crippen LogP contribution >= 0.6 is 0 Å². The fraction of sp³-hybridized carbons (Fsp3) is 0.227. The van der Waals surface area contributed by atoms with Crippen LogP contribution in [0.4, 0.5) is 16.4 Å². The highest BCUT2D eigenvalue weighted by Crippen LogP contribution is 2.24. The first-order chi connectivity index (χ1) is 15.0. The molecule has 4 rings (SSSR count). The van der Waals surface area contributed by atoms with Gasteiger partial charge in [0.15, 0.2) is 0 Å². The molecule has 0 saturated carbocycles. The topological polar surface area (TPSA) is 126 Å². The first-order valence-electron chi connectivity index (χ1n) is 9.93. The maximum atomic E-state index is 13.2. The molecule has 1 aliphatic heterocycles. The van der Waals surface area contributed by atoms with Gasteiger partial charge in [-0.15, -0.1) is 0 Å². The van der Waals surface area contributed by atoms with Crippen LogP contribution in [-0.4, -0.2) is 63.0 Å². The lowest BCUT2D eigenvalue weighted by atomic mass is 10.0. The number of carbonyl (C=O) groups is 2. The number of ketones is 1. The van der Waals surface area contributed by atoms with Gasteiger partial charge in [-0.3, -0.25) is 9.78 Å². The highest BCUT2D eigenvalue weighted by molar-refractivity contribution is 6.11. The second kappa shape index (κ2) is 8.78. The summed E-state index contributed by atoms with van der Waals surface area (Å²) in [5, 5.41) is 9.22. The van der Waals surface area contributed by atoms with E-state index in [4.69, 9.17) is 5.73 Å². The van der Waals surface area contributed by atoms with Gasteiger partial charge in [0.25, 0.3) is 0 Å². The van der Waals surface area contributed by atoms with Crippen LogP contribution in [0.3, 0.4) is 0 Å². The van der Waals surface area contributed by atoms with Crippen LogP contribution in [0.1, 0.15) is 22.5 Å². The lowest BCUT2D eigenvalue weighted by molar-refractivity contribution is 0.103. The Kier molecular flexibility index (Phi) is 5.74. The fourth-order valence-electron chi connectivity index (χ4n) is 3.55. The average Bonchev–Trinajstić information content (AvgIpc) is 3.06. The molecule has 158 valence electrons. The van der Waals surface area contributed by atoms with Gasteiger partial charge in [0.2, 0.25) is 5.78 Å². The Bertz CT molecular complexity index is 1110. The molecule has 0 bridgehead atoms. The summed E-state index contributed by atoms with van der Waals surface area (Å²) in [6.07, 6.45) is 4.75. The zero-order valence-corrected chi connectivity index (χ0v) is 16.8. The van der Waals surface area contributed by atoms with E-state index in [1.165, 1.54) is 4.90 Å². The minimum atomic E-state index is -0.921. The first kappa shape index (κ1) is 20.3. The molecule has 1 saturated heterocycles. The molecule has 0 spiro atoms. The average molecular weight is 418 g/mol. The fourth-order valence-corrected chi connectivity index (χ4v) is 3.55. The molecule has 3 aromatic rings. The van der Waals surface area contributed by atoms with Crippen LogP contribution in [0.15, 0.2) is 55.0 Å². The zero-order chi connectivity index (χ0) is 21.8. The van der Waals surface area contributed by atoms with Crippen molar-refractivity contribution in [3.8, 4) is 11.1 Å². The van der Waals surface area contributed by atoms with E-state index in [2.05, 4.69) is 15.0 Å². The molecule has 1 fully saturated rings. The molecule has 0 unspecified atom stereocenters. The van der Waals surface area contributed by atoms with Gasteiger partial charge >= 0.3 is 6.09 Å². The monoisotopic (exact) mass is 418 g/mol. The minimum absolute atomic E-state index is 0.136. The van der Waals surface area contributed by atoms with Crippen molar-refractivity contribution in [1.82, 2.24) is 19.9 Å². The molecular weight excluding hydrogens is 396 g/mol. The van der Waals surface area contributed by atoms with Gasteiger partial charge in [0, 0.05) is 55.9 Å². The Hall–Kier alpha value is -4.01. The summed E-state index contributed by atoms with van der Waals surface area (Å²) in [7, 11) is 0. The number of nitrogens with two attached hydrogens (primary N) is 1. The van der Waals surface area contributed by atoms with E-state index in [0.29, 0.717) is 38.4 Å². The third-order valence-electron chi connectivity index (χ3n) is 5.22. The molecular formula is C22H22N6O3. The second-order valence-corrected chi connectivity index (χ2v) is 7.22. The smallest absolute Gasteiger partial charge is 0.407 e. The van der Waals surface area contributed by atoms with Crippen LogP contribution < -0.4 is 10.6 Å². The van der Waals surface area contributed by atoms with Gasteiger partial charge in [-0.1, -0.05) is 12.1 Å². The van der Waals surface area contributed by atoms with Crippen molar-refractivity contribution >= 4 is 23.5 Å². The number of pyridine rings is 3. The lowest BCUT2D eigenvalue weighted by Crippen LogP contribution is -2.34. The Morgan fingerprint density at radius 1 is 1.00 bits per heavy atom. The van der Waals surface area contributed by atoms with E-state index >= 15 is 0 Å². The Morgan fingerprint density at radius 3 is 2.65 bits per heavy atom. The molecule has 3 aromatic heterocycles. The van der Waals surface area contributed by atoms with E-state index in [-0.39, 0.29) is 22.9 Å². The molecule has 31 heavy (non-hydrogen) atoms. The standard InChI is InChI=1S/C22H22N6O3/c23-21-17(12-16(14-25-21)15-4-2-7-24-13-15)20(29)18-5-1-6-19(26-18)27-8-3-9-28(11-10-27)22(30)31/h1-2,4-7,12-14H,3,8-11H2,(H2,23,25)(H,30,31). The molecule has 4 heterocycles. The van der Waals surface area contributed by atoms with Gasteiger partial charge < -0.3 is 20.6 Å². The number of carboxylic acid groups (broad SMARTS) is 1. The van der Waals surface area contributed by atoms with Gasteiger partial charge in [0.05, 0.1) is 5.56 Å². The van der Waals surface area contributed by atoms with Gasteiger partial charge in [0.1, 0.15) is 17.3 Å². The van der Waals surface area contributed by atoms with E-state index in [9.17, 15) is 14.7 Å². The van der Waals surface area contributed by atoms with Gasteiger partial charge in [-0.2, -0.15) is 0 Å². The molecule has 1 aliphatic rings. The van der Waals surface area contributed by atoms with Crippen molar-refractivity contribution < 1.29 is 14.7 Å². The number of nitrogen functional groups attached to an aromatic ring is 1. The van der Waals surface area contributed by atoms with Crippen LogP contribution in [0.25, 0.3) is 11.1 Å². The predicted molar refractivity (Wildman–Crippen MR) is 116 cm³/mol. The number of amides is 1. The normalized spacial score (nSPS) is 14.2. The Labute approximate surface area is 179 Å². The van der Waals surface area contributed by atoms with Crippen molar-refractivity contribution in [3.63, 3.8) is 0 Å². The highest BCUT2D eigenvalue weighted by Gasteiger charge is 2.21. The summed E-state index contributed by atoms with van der Waals surface area (Å²) in [4.78, 5) is 40.6. The SMILES string of the molecule is Nc1ncc(-c2cccnc2)cc1C(=O)c1cccc(N2CCCN(C(=O)O)CC2)n1. The summed E-state index contributed by atoms with van der Waals surface area (Å²) in [5.74, 6) is 0.448. The zero-order valence-electron chi connectivity index (χ0n) is 16.8. The van der Waals surface area contributed by atoms with Crippen LogP contribution in [0, 0.1) is 0 Å². The number of hydrogen-bond acceptors (Lipinski definition) is 7. The molecule has 9 nitrogen and oxygen atoms in total. The van der Waals surface area contributed by atoms with Gasteiger partial charge in [-0.25, -0.2) is 14.8 Å². The number of rotatable bonds is 4. The van der Waals surface area contributed by atoms with Crippen molar-refractivity contribution in [3.05, 3.63) is 66.2 Å². The largest absolute Gasteiger partial charge is 0.465 e. The third-order valence-corrected chi connectivity index (χ3v) is 5.22. The Morgan fingerprint density at radius 2 is 1.87 bits per heavy atom. The van der Waals surface area contributed by atoms with Crippen LogP contribution in [-0.2, 0) is 0 Å². The van der Waals surface area contributed by atoms with Crippen molar-refractivity contribution in [2.45, 2.75) is 6.42 Å². The van der Waals surface area contributed by atoms with Crippen LogP contribution in [0.5, 0.6) is 0 Å². The van der Waals surface area contributed by atoms with Gasteiger partial charge in [-0.05, 0) is 30.7 Å².